The quantitative estimate of drug-likeness (QED) is 0.821. The van der Waals surface area contributed by atoms with Crippen molar-refractivity contribution in [2.45, 2.75) is 38.4 Å². The number of hydrogen-bond donors (Lipinski definition) is 0. The molecule has 3 heterocycles. The number of para-hydroxylation sites is 1. The molecule has 2 atom stereocenters. The van der Waals surface area contributed by atoms with E-state index in [9.17, 15) is 10.1 Å². The molecule has 2 aromatic rings. The molecule has 1 amide bonds. The molecule has 3 aliphatic rings. The van der Waals surface area contributed by atoms with E-state index in [1.165, 1.54) is 12.8 Å². The molecule has 146 valence electrons. The molecule has 6 heteroatoms. The fourth-order valence-corrected chi connectivity index (χ4v) is 5.00. The number of rotatable bonds is 3. The molecule has 1 saturated carbocycles. The first-order valence-electron chi connectivity index (χ1n) is 10.3. The second-order valence-corrected chi connectivity index (χ2v) is 8.35. The van der Waals surface area contributed by atoms with Crippen LogP contribution in [0.3, 0.4) is 0 Å². The van der Waals surface area contributed by atoms with Crippen molar-refractivity contribution < 1.29 is 9.53 Å². The van der Waals surface area contributed by atoms with Crippen molar-refractivity contribution in [2.24, 2.45) is 5.92 Å². The minimum atomic E-state index is 0.126. The van der Waals surface area contributed by atoms with Crippen molar-refractivity contribution in [3.8, 4) is 6.07 Å². The van der Waals surface area contributed by atoms with Gasteiger partial charge < -0.3 is 14.2 Å². The molecule has 3 fully saturated rings. The first-order valence-corrected chi connectivity index (χ1v) is 10.3. The number of aromatic nitrogens is 1. The number of piperazine rings is 1. The minimum Gasteiger partial charge on any atom is -0.378 e. The van der Waals surface area contributed by atoms with Gasteiger partial charge >= 0.3 is 0 Å². The van der Waals surface area contributed by atoms with Gasteiger partial charge in [0.25, 0.3) is 0 Å². The lowest BCUT2D eigenvalue weighted by Crippen LogP contribution is -2.63. The molecular weight excluding hydrogens is 352 g/mol. The Bertz CT molecular complexity index is 955. The maximum Gasteiger partial charge on any atom is 0.242 e. The molecule has 0 unspecified atom stereocenters. The van der Waals surface area contributed by atoms with Gasteiger partial charge in [-0.25, -0.2) is 0 Å². The second-order valence-electron chi connectivity index (χ2n) is 8.35. The van der Waals surface area contributed by atoms with Gasteiger partial charge in [-0.2, -0.15) is 5.26 Å². The zero-order valence-corrected chi connectivity index (χ0v) is 16.3. The summed E-state index contributed by atoms with van der Waals surface area (Å²) in [4.78, 5) is 17.7. The lowest BCUT2D eigenvalue weighted by Gasteiger charge is -2.48. The van der Waals surface area contributed by atoms with Crippen LogP contribution in [0.2, 0.25) is 0 Å². The number of nitriles is 1. The van der Waals surface area contributed by atoms with E-state index in [1.54, 1.807) is 0 Å². The summed E-state index contributed by atoms with van der Waals surface area (Å²) in [6, 6.07) is 11.0. The number of carbonyl (C=O) groups excluding carboxylic acids is 1. The summed E-state index contributed by atoms with van der Waals surface area (Å²) < 4.78 is 7.87. The predicted octanol–water partition coefficient (Wildman–Crippen LogP) is 2.14. The molecule has 0 radical (unpaired) electrons. The molecule has 2 saturated heterocycles. The average Bonchev–Trinajstić information content (AvgIpc) is 3.53. The van der Waals surface area contributed by atoms with E-state index in [0.29, 0.717) is 17.6 Å². The fraction of sp³-hybridized carbons (Fsp3) is 0.545. The summed E-state index contributed by atoms with van der Waals surface area (Å²) in [6.45, 7) is 6.24. The summed E-state index contributed by atoms with van der Waals surface area (Å²) in [7, 11) is 0. The van der Waals surface area contributed by atoms with Crippen molar-refractivity contribution in [3.05, 3.63) is 35.5 Å². The van der Waals surface area contributed by atoms with Crippen LogP contribution in [0.25, 0.3) is 10.9 Å². The van der Waals surface area contributed by atoms with Crippen LogP contribution < -0.4 is 0 Å². The van der Waals surface area contributed by atoms with Crippen molar-refractivity contribution in [1.29, 1.82) is 5.26 Å². The standard InChI is InChI=1S/C22H26N4O2/c1-15-19(10-23)18-4-2-3-5-20(18)26(15)12-22(27)24-8-9-25-17(11-24)13-28-14-21(25)16-6-7-16/h2-5,16-17,21H,6-9,11-14H2,1H3/t17-,21-/m1/s1. The van der Waals surface area contributed by atoms with Crippen LogP contribution in [-0.4, -0.2) is 65.2 Å². The van der Waals surface area contributed by atoms with Gasteiger partial charge in [-0.15, -0.1) is 0 Å². The number of amides is 1. The van der Waals surface area contributed by atoms with Crippen LogP contribution in [0.4, 0.5) is 0 Å². The van der Waals surface area contributed by atoms with Gasteiger partial charge in [-0.1, -0.05) is 18.2 Å². The number of fused-ring (bicyclic) bond motifs is 2. The Hall–Kier alpha value is -2.36. The van der Waals surface area contributed by atoms with Crippen molar-refractivity contribution in [2.75, 3.05) is 32.8 Å². The first-order chi connectivity index (χ1) is 13.7. The van der Waals surface area contributed by atoms with Gasteiger partial charge in [-0.05, 0) is 31.7 Å². The van der Waals surface area contributed by atoms with Crippen LogP contribution in [0.15, 0.2) is 24.3 Å². The molecule has 0 N–H and O–H groups in total. The molecule has 28 heavy (non-hydrogen) atoms. The maximum atomic E-state index is 13.1. The van der Waals surface area contributed by atoms with Crippen LogP contribution in [0.1, 0.15) is 24.1 Å². The molecule has 0 bridgehead atoms. The van der Waals surface area contributed by atoms with Crippen LogP contribution in [-0.2, 0) is 16.1 Å². The largest absolute Gasteiger partial charge is 0.378 e. The maximum absolute atomic E-state index is 13.1. The highest BCUT2D eigenvalue weighted by Gasteiger charge is 2.43. The number of nitrogens with zero attached hydrogens (tertiary/aromatic N) is 4. The van der Waals surface area contributed by atoms with E-state index in [0.717, 1.165) is 55.4 Å². The Balaban J connectivity index is 1.34. The van der Waals surface area contributed by atoms with Gasteiger partial charge in [0.1, 0.15) is 12.6 Å². The van der Waals surface area contributed by atoms with E-state index in [2.05, 4.69) is 11.0 Å². The van der Waals surface area contributed by atoms with Gasteiger partial charge in [-0.3, -0.25) is 9.69 Å². The zero-order chi connectivity index (χ0) is 19.3. The van der Waals surface area contributed by atoms with Gasteiger partial charge in [0.2, 0.25) is 5.91 Å². The third-order valence-corrected chi connectivity index (χ3v) is 6.71. The second kappa shape index (κ2) is 6.91. The molecule has 0 spiro atoms. The Morgan fingerprint density at radius 2 is 2.07 bits per heavy atom. The molecule has 1 aromatic carbocycles. The molecular formula is C22H26N4O2. The highest BCUT2D eigenvalue weighted by Crippen LogP contribution is 2.38. The molecule has 2 aliphatic heterocycles. The van der Waals surface area contributed by atoms with E-state index in [-0.39, 0.29) is 12.5 Å². The summed E-state index contributed by atoms with van der Waals surface area (Å²) in [6.07, 6.45) is 2.64. The van der Waals surface area contributed by atoms with Crippen LogP contribution in [0.5, 0.6) is 0 Å². The Labute approximate surface area is 165 Å². The van der Waals surface area contributed by atoms with Crippen molar-refractivity contribution in [1.82, 2.24) is 14.4 Å². The lowest BCUT2D eigenvalue weighted by atomic mass is 10.0. The van der Waals surface area contributed by atoms with E-state index >= 15 is 0 Å². The number of morpholine rings is 1. The number of ether oxygens (including phenoxy) is 1. The molecule has 1 aliphatic carbocycles. The van der Waals surface area contributed by atoms with Gasteiger partial charge in [0, 0.05) is 36.8 Å². The lowest BCUT2D eigenvalue weighted by molar-refractivity contribution is -0.141. The normalized spacial score (nSPS) is 25.5. The van der Waals surface area contributed by atoms with E-state index in [4.69, 9.17) is 4.74 Å². The number of carbonyl (C=O) groups is 1. The number of benzene rings is 1. The fourth-order valence-electron chi connectivity index (χ4n) is 5.00. The zero-order valence-electron chi connectivity index (χ0n) is 16.3. The molecule has 5 rings (SSSR count). The highest BCUT2D eigenvalue weighted by atomic mass is 16.5. The van der Waals surface area contributed by atoms with Crippen molar-refractivity contribution in [3.63, 3.8) is 0 Å². The van der Waals surface area contributed by atoms with Gasteiger partial charge in [0.15, 0.2) is 0 Å². The number of hydrogen-bond acceptors (Lipinski definition) is 4. The molecule has 1 aromatic heterocycles. The SMILES string of the molecule is Cc1c(C#N)c2ccccc2n1CC(=O)N1CCN2[C@@H](COC[C@@H]2C2CC2)C1. The first kappa shape index (κ1) is 17.7. The van der Waals surface area contributed by atoms with E-state index < -0.39 is 0 Å². The monoisotopic (exact) mass is 378 g/mol. The Morgan fingerprint density at radius 3 is 2.86 bits per heavy atom. The summed E-state index contributed by atoms with van der Waals surface area (Å²) in [5.41, 5.74) is 2.49. The minimum absolute atomic E-state index is 0.126. The summed E-state index contributed by atoms with van der Waals surface area (Å²) in [5.74, 6) is 0.921. The smallest absolute Gasteiger partial charge is 0.242 e. The molecule has 6 nitrogen and oxygen atoms in total. The highest BCUT2D eigenvalue weighted by molar-refractivity contribution is 5.89. The third kappa shape index (κ3) is 2.90. The van der Waals surface area contributed by atoms with Crippen LogP contribution >= 0.6 is 0 Å². The predicted molar refractivity (Wildman–Crippen MR) is 106 cm³/mol. The third-order valence-electron chi connectivity index (χ3n) is 6.71. The topological polar surface area (TPSA) is 61.5 Å². The Kier molecular flexibility index (Phi) is 4.37. The summed E-state index contributed by atoms with van der Waals surface area (Å²) in [5, 5.41) is 10.5. The summed E-state index contributed by atoms with van der Waals surface area (Å²) >= 11 is 0. The van der Waals surface area contributed by atoms with Gasteiger partial charge in [0.05, 0.1) is 30.3 Å². The average molecular weight is 378 g/mol. The van der Waals surface area contributed by atoms with E-state index in [1.807, 2.05) is 40.7 Å². The van der Waals surface area contributed by atoms with Crippen molar-refractivity contribution >= 4 is 16.8 Å². The Morgan fingerprint density at radius 1 is 1.25 bits per heavy atom. The van der Waals surface area contributed by atoms with Crippen LogP contribution in [0, 0.1) is 24.2 Å².